The molecule has 6 heteroatoms. The van der Waals surface area contributed by atoms with Crippen LogP contribution in [0.2, 0.25) is 0 Å². The number of hydrogen-bond donors (Lipinski definition) is 2. The first-order valence-corrected chi connectivity index (χ1v) is 14.4. The summed E-state index contributed by atoms with van der Waals surface area (Å²) in [7, 11) is 0. The van der Waals surface area contributed by atoms with Crippen LogP contribution in [0, 0.1) is 5.41 Å². The summed E-state index contributed by atoms with van der Waals surface area (Å²) in [6.45, 7) is 12.5. The van der Waals surface area contributed by atoms with Crippen LogP contribution in [0.1, 0.15) is 48.9 Å². The van der Waals surface area contributed by atoms with Crippen LogP contribution in [-0.2, 0) is 21.1 Å². The second-order valence-electron chi connectivity index (χ2n) is 8.30. The molecule has 0 aliphatic heterocycles. The average molecular weight is 511 g/mol. The third-order valence-corrected chi connectivity index (χ3v) is 8.17. The molecular weight excluding hydrogens is 472 g/mol. The van der Waals surface area contributed by atoms with Crippen molar-refractivity contribution in [2.24, 2.45) is 5.41 Å². The summed E-state index contributed by atoms with van der Waals surface area (Å²) in [6.07, 6.45) is 4.62. The third kappa shape index (κ3) is 8.93. The molecule has 0 saturated carbocycles. The van der Waals surface area contributed by atoms with Gasteiger partial charge in [-0.25, -0.2) is 0 Å². The van der Waals surface area contributed by atoms with Crippen LogP contribution in [0.5, 0.6) is 0 Å². The smallest absolute Gasteiger partial charge is 0.235 e. The maximum absolute atomic E-state index is 13.0. The second-order valence-corrected chi connectivity index (χ2v) is 10.5. The highest BCUT2D eigenvalue weighted by molar-refractivity contribution is 7.98. The van der Waals surface area contributed by atoms with Gasteiger partial charge in [0.1, 0.15) is 5.41 Å². The van der Waals surface area contributed by atoms with Crippen LogP contribution in [0.3, 0.4) is 0 Å². The van der Waals surface area contributed by atoms with Gasteiger partial charge in [-0.3, -0.25) is 9.59 Å². The largest absolute Gasteiger partial charge is 0.354 e. The Hall–Kier alpha value is -2.44. The van der Waals surface area contributed by atoms with E-state index in [1.54, 1.807) is 23.5 Å². The van der Waals surface area contributed by atoms with Crippen molar-refractivity contribution >= 4 is 47.5 Å². The molecule has 4 nitrogen and oxygen atoms in total. The number of carbonyl (C=O) groups is 2. The molecule has 0 aliphatic rings. The Kier molecular flexibility index (Phi) is 12.8. The molecule has 2 N–H and O–H groups in total. The Morgan fingerprint density at radius 3 is 1.43 bits per heavy atom. The number of hydrogen-bond acceptors (Lipinski definition) is 4. The van der Waals surface area contributed by atoms with Crippen molar-refractivity contribution in [1.29, 1.82) is 0 Å². The second kappa shape index (κ2) is 15.5. The molecule has 2 aromatic carbocycles. The summed E-state index contributed by atoms with van der Waals surface area (Å²) in [4.78, 5) is 26.0. The molecule has 0 unspecified atom stereocenters. The van der Waals surface area contributed by atoms with Crippen molar-refractivity contribution in [1.82, 2.24) is 10.6 Å². The molecule has 2 aromatic rings. The predicted molar refractivity (Wildman–Crippen MR) is 154 cm³/mol. The van der Waals surface area contributed by atoms with E-state index < -0.39 is 5.41 Å². The normalized spacial score (nSPS) is 11.0. The van der Waals surface area contributed by atoms with Crippen molar-refractivity contribution in [3.05, 3.63) is 83.9 Å². The van der Waals surface area contributed by atoms with Gasteiger partial charge in [-0.2, -0.15) is 23.5 Å². The SMILES string of the molecule is C=Cc1ccc(CSCCNC(=O)C(CC)(CC)C(=O)NCCSCc2ccc(C=C)cc2)cc1. The quantitative estimate of drug-likeness (QED) is 0.209. The molecule has 0 spiro atoms. The van der Waals surface area contributed by atoms with Crippen LogP contribution < -0.4 is 10.6 Å². The van der Waals surface area contributed by atoms with E-state index in [2.05, 4.69) is 72.3 Å². The number of carbonyl (C=O) groups excluding carboxylic acids is 2. The zero-order chi connectivity index (χ0) is 25.5. The van der Waals surface area contributed by atoms with Crippen LogP contribution in [-0.4, -0.2) is 36.4 Å². The Balaban J connectivity index is 1.71. The zero-order valence-corrected chi connectivity index (χ0v) is 22.6. The van der Waals surface area contributed by atoms with Gasteiger partial charge in [0.2, 0.25) is 11.8 Å². The molecule has 0 atom stereocenters. The lowest BCUT2D eigenvalue weighted by Gasteiger charge is -2.29. The highest BCUT2D eigenvalue weighted by atomic mass is 32.2. The molecule has 0 radical (unpaired) electrons. The Morgan fingerprint density at radius 1 is 0.743 bits per heavy atom. The number of amides is 2. The van der Waals surface area contributed by atoms with E-state index in [9.17, 15) is 9.59 Å². The maximum atomic E-state index is 13.0. The fraction of sp³-hybridized carbons (Fsp3) is 0.379. The molecule has 0 saturated heterocycles. The summed E-state index contributed by atoms with van der Waals surface area (Å²) < 4.78 is 0. The first-order valence-electron chi connectivity index (χ1n) is 12.1. The zero-order valence-electron chi connectivity index (χ0n) is 21.0. The van der Waals surface area contributed by atoms with Crippen LogP contribution >= 0.6 is 23.5 Å². The van der Waals surface area contributed by atoms with Crippen LogP contribution in [0.25, 0.3) is 12.2 Å². The highest BCUT2D eigenvalue weighted by Crippen LogP contribution is 2.27. The van der Waals surface area contributed by atoms with Crippen LogP contribution in [0.4, 0.5) is 0 Å². The number of rotatable bonds is 16. The van der Waals surface area contributed by atoms with E-state index in [1.807, 2.05) is 26.0 Å². The van der Waals surface area contributed by atoms with Gasteiger partial charge in [-0.15, -0.1) is 0 Å². The molecule has 2 amide bonds. The maximum Gasteiger partial charge on any atom is 0.235 e. The minimum atomic E-state index is -1.02. The van der Waals surface area contributed by atoms with Crippen LogP contribution in [0.15, 0.2) is 61.7 Å². The van der Waals surface area contributed by atoms with E-state index in [-0.39, 0.29) is 11.8 Å². The van der Waals surface area contributed by atoms with E-state index in [4.69, 9.17) is 0 Å². The van der Waals surface area contributed by atoms with E-state index in [1.165, 1.54) is 11.1 Å². The van der Waals surface area contributed by atoms with Gasteiger partial charge in [0.25, 0.3) is 0 Å². The van der Waals surface area contributed by atoms with Gasteiger partial charge in [0.15, 0.2) is 0 Å². The fourth-order valence-electron chi connectivity index (χ4n) is 3.69. The van der Waals surface area contributed by atoms with Gasteiger partial charge < -0.3 is 10.6 Å². The summed E-state index contributed by atoms with van der Waals surface area (Å²) in [5.41, 5.74) is 3.69. The molecule has 0 heterocycles. The standard InChI is InChI=1S/C29H38N2O2S2/c1-5-23-9-13-25(14-10-23)21-34-19-17-30-27(32)29(7-3,8-4)28(33)31-18-20-35-22-26-15-11-24(6-2)12-16-26/h5-6,9-16H,1-2,7-8,17-22H2,3-4H3,(H,30,32)(H,31,33). The predicted octanol–water partition coefficient (Wildman–Crippen LogP) is 6.18. The van der Waals surface area contributed by atoms with Crippen molar-refractivity contribution in [3.8, 4) is 0 Å². The molecule has 0 fully saturated rings. The van der Waals surface area contributed by atoms with Crippen molar-refractivity contribution in [3.63, 3.8) is 0 Å². The molecule has 0 aromatic heterocycles. The Morgan fingerprint density at radius 2 is 1.11 bits per heavy atom. The Bertz CT molecular complexity index is 876. The molecule has 188 valence electrons. The van der Waals surface area contributed by atoms with Crippen molar-refractivity contribution in [2.75, 3.05) is 24.6 Å². The monoisotopic (exact) mass is 510 g/mol. The summed E-state index contributed by atoms with van der Waals surface area (Å²) >= 11 is 3.53. The lowest BCUT2D eigenvalue weighted by atomic mass is 9.80. The third-order valence-electron chi connectivity index (χ3n) is 6.11. The molecule has 2 rings (SSSR count). The summed E-state index contributed by atoms with van der Waals surface area (Å²) in [6, 6.07) is 16.6. The lowest BCUT2D eigenvalue weighted by molar-refractivity contribution is -0.144. The topological polar surface area (TPSA) is 58.2 Å². The van der Waals surface area contributed by atoms with Gasteiger partial charge >= 0.3 is 0 Å². The lowest BCUT2D eigenvalue weighted by Crippen LogP contribution is -2.51. The molecular formula is C29H38N2O2S2. The number of nitrogens with one attached hydrogen (secondary N) is 2. The first-order chi connectivity index (χ1) is 17.0. The van der Waals surface area contributed by atoms with E-state index in [0.717, 1.165) is 34.1 Å². The summed E-state index contributed by atoms with van der Waals surface area (Å²) in [5.74, 6) is 3.01. The average Bonchev–Trinajstić information content (AvgIpc) is 2.90. The number of benzene rings is 2. The summed E-state index contributed by atoms with van der Waals surface area (Å²) in [5, 5.41) is 5.99. The highest BCUT2D eigenvalue weighted by Gasteiger charge is 2.42. The van der Waals surface area contributed by atoms with Crippen molar-refractivity contribution < 1.29 is 9.59 Å². The Labute approximate surface area is 219 Å². The number of thioether (sulfide) groups is 2. The van der Waals surface area contributed by atoms with E-state index >= 15 is 0 Å². The van der Waals surface area contributed by atoms with Crippen molar-refractivity contribution in [2.45, 2.75) is 38.2 Å². The van der Waals surface area contributed by atoms with Gasteiger partial charge in [-0.05, 0) is 35.1 Å². The van der Waals surface area contributed by atoms with Gasteiger partial charge in [-0.1, -0.05) is 87.7 Å². The first kappa shape index (κ1) is 28.8. The molecule has 35 heavy (non-hydrogen) atoms. The minimum absolute atomic E-state index is 0.175. The van der Waals surface area contributed by atoms with E-state index in [0.29, 0.717) is 25.9 Å². The fourth-order valence-corrected chi connectivity index (χ4v) is 5.32. The minimum Gasteiger partial charge on any atom is -0.354 e. The molecule has 0 bridgehead atoms. The van der Waals surface area contributed by atoms with Gasteiger partial charge in [0.05, 0.1) is 0 Å². The van der Waals surface area contributed by atoms with Gasteiger partial charge in [0, 0.05) is 36.1 Å². The molecule has 0 aliphatic carbocycles.